The Morgan fingerprint density at radius 3 is 2.47 bits per heavy atom. The third-order valence-corrected chi connectivity index (χ3v) is 6.47. The molecule has 0 unspecified atom stereocenters. The van der Waals surface area contributed by atoms with Crippen LogP contribution in [-0.4, -0.2) is 33.5 Å². The topological polar surface area (TPSA) is 39.7 Å². The van der Waals surface area contributed by atoms with Gasteiger partial charge in [-0.3, -0.25) is 0 Å². The van der Waals surface area contributed by atoms with Gasteiger partial charge >= 0.3 is 0 Å². The minimum atomic E-state index is 0.172. The summed E-state index contributed by atoms with van der Waals surface area (Å²) in [5.41, 5.74) is 4.14. The summed E-state index contributed by atoms with van der Waals surface area (Å²) in [6.45, 7) is 9.31. The smallest absolute Gasteiger partial charge is 0.161 e. The van der Waals surface area contributed by atoms with Crippen LogP contribution in [0, 0.1) is 12.8 Å². The fourth-order valence-corrected chi connectivity index (χ4v) is 4.47. The first-order valence-corrected chi connectivity index (χ1v) is 11.1. The lowest BCUT2D eigenvalue weighted by Crippen LogP contribution is -2.42. The first-order chi connectivity index (χ1) is 14.5. The first kappa shape index (κ1) is 22.6. The van der Waals surface area contributed by atoms with Crippen LogP contribution in [0.1, 0.15) is 49.8 Å². The molecule has 1 fully saturated rings. The molecule has 4 nitrogen and oxygen atoms in total. The van der Waals surface area contributed by atoms with E-state index in [0.29, 0.717) is 12.0 Å². The van der Waals surface area contributed by atoms with Gasteiger partial charge in [-0.05, 0) is 61.9 Å². The SMILES string of the molecule is COc1ccc(CNCC[C@@]2(c3ccc(C)cc3)CCO[C@@H](C(C)C)C2)cc1OC. The second-order valence-electron chi connectivity index (χ2n) is 8.87. The molecule has 0 amide bonds. The number of rotatable bonds is 9. The van der Waals surface area contributed by atoms with E-state index < -0.39 is 0 Å². The van der Waals surface area contributed by atoms with Crippen LogP contribution < -0.4 is 14.8 Å². The zero-order chi connectivity index (χ0) is 21.6. The predicted molar refractivity (Wildman–Crippen MR) is 123 cm³/mol. The van der Waals surface area contributed by atoms with Crippen molar-refractivity contribution in [3.8, 4) is 11.5 Å². The van der Waals surface area contributed by atoms with Crippen LogP contribution in [0.4, 0.5) is 0 Å². The van der Waals surface area contributed by atoms with Gasteiger partial charge < -0.3 is 19.5 Å². The number of benzene rings is 2. The maximum Gasteiger partial charge on any atom is 0.161 e. The zero-order valence-electron chi connectivity index (χ0n) is 19.2. The molecule has 0 radical (unpaired) electrons. The van der Waals surface area contributed by atoms with Crippen molar-refractivity contribution in [1.82, 2.24) is 5.32 Å². The molecule has 1 N–H and O–H groups in total. The Hall–Kier alpha value is -2.04. The molecule has 1 aliphatic rings. The second-order valence-corrected chi connectivity index (χ2v) is 8.87. The largest absolute Gasteiger partial charge is 0.493 e. The van der Waals surface area contributed by atoms with E-state index in [9.17, 15) is 0 Å². The summed E-state index contributed by atoms with van der Waals surface area (Å²) in [5.74, 6) is 2.08. The van der Waals surface area contributed by atoms with Crippen LogP contribution >= 0.6 is 0 Å². The maximum absolute atomic E-state index is 6.12. The highest BCUT2D eigenvalue weighted by Crippen LogP contribution is 2.41. The van der Waals surface area contributed by atoms with E-state index in [2.05, 4.69) is 56.4 Å². The molecule has 4 heteroatoms. The predicted octanol–water partition coefficient (Wildman–Crippen LogP) is 5.26. The Morgan fingerprint density at radius 1 is 1.07 bits per heavy atom. The summed E-state index contributed by atoms with van der Waals surface area (Å²) in [7, 11) is 3.34. The summed E-state index contributed by atoms with van der Waals surface area (Å²) in [4.78, 5) is 0. The molecule has 2 atom stereocenters. The van der Waals surface area contributed by atoms with E-state index in [0.717, 1.165) is 50.5 Å². The average Bonchev–Trinajstić information content (AvgIpc) is 2.77. The quantitative estimate of drug-likeness (QED) is 0.571. The zero-order valence-corrected chi connectivity index (χ0v) is 19.2. The van der Waals surface area contributed by atoms with Gasteiger partial charge in [0.2, 0.25) is 0 Å². The Morgan fingerprint density at radius 2 is 1.80 bits per heavy atom. The van der Waals surface area contributed by atoms with Gasteiger partial charge in [0.05, 0.1) is 20.3 Å². The van der Waals surface area contributed by atoms with Crippen molar-refractivity contribution < 1.29 is 14.2 Å². The normalized spacial score (nSPS) is 21.6. The van der Waals surface area contributed by atoms with Crippen molar-refractivity contribution in [3.63, 3.8) is 0 Å². The fourth-order valence-electron chi connectivity index (χ4n) is 4.47. The van der Waals surface area contributed by atoms with Crippen LogP contribution in [0.2, 0.25) is 0 Å². The summed E-state index contributed by atoms with van der Waals surface area (Å²) in [5, 5.41) is 3.65. The molecule has 2 aromatic carbocycles. The van der Waals surface area contributed by atoms with Gasteiger partial charge in [-0.2, -0.15) is 0 Å². The molecule has 2 aromatic rings. The van der Waals surface area contributed by atoms with Crippen molar-refractivity contribution in [2.24, 2.45) is 5.92 Å². The van der Waals surface area contributed by atoms with Crippen molar-refractivity contribution in [3.05, 3.63) is 59.2 Å². The molecule has 164 valence electrons. The first-order valence-electron chi connectivity index (χ1n) is 11.1. The molecule has 0 bridgehead atoms. The Kier molecular flexibility index (Phi) is 7.79. The van der Waals surface area contributed by atoms with E-state index in [1.807, 2.05) is 12.1 Å². The second kappa shape index (κ2) is 10.3. The fraction of sp³-hybridized carbons (Fsp3) is 0.538. The van der Waals surface area contributed by atoms with Gasteiger partial charge in [0.15, 0.2) is 11.5 Å². The number of nitrogens with one attached hydrogen (secondary N) is 1. The monoisotopic (exact) mass is 411 g/mol. The van der Waals surface area contributed by atoms with Crippen LogP contribution in [0.3, 0.4) is 0 Å². The maximum atomic E-state index is 6.12. The molecule has 0 saturated carbocycles. The Labute approximate surface area is 181 Å². The number of hydrogen-bond acceptors (Lipinski definition) is 4. The van der Waals surface area contributed by atoms with Gasteiger partial charge in [0.25, 0.3) is 0 Å². The number of hydrogen-bond donors (Lipinski definition) is 1. The molecular weight excluding hydrogens is 374 g/mol. The van der Waals surface area contributed by atoms with E-state index >= 15 is 0 Å². The summed E-state index contributed by atoms with van der Waals surface area (Å²) in [6, 6.07) is 15.2. The number of ether oxygens (including phenoxy) is 3. The van der Waals surface area contributed by atoms with Gasteiger partial charge in [0, 0.05) is 18.6 Å². The summed E-state index contributed by atoms with van der Waals surface area (Å²) in [6.07, 6.45) is 3.60. The standard InChI is InChI=1S/C26H37NO3/c1-19(2)25-17-26(13-15-30-25,22-9-6-20(3)7-10-22)12-14-27-18-21-8-11-23(28-4)24(16-21)29-5/h6-11,16,19,25,27H,12-15,17-18H2,1-5H3/t25-,26-/m1/s1. The van der Waals surface area contributed by atoms with Gasteiger partial charge in [-0.25, -0.2) is 0 Å². The summed E-state index contributed by atoms with van der Waals surface area (Å²) < 4.78 is 16.9. The molecule has 30 heavy (non-hydrogen) atoms. The third kappa shape index (κ3) is 5.35. The van der Waals surface area contributed by atoms with E-state index in [1.54, 1.807) is 14.2 Å². The van der Waals surface area contributed by atoms with Crippen molar-refractivity contribution in [1.29, 1.82) is 0 Å². The van der Waals surface area contributed by atoms with Crippen molar-refractivity contribution in [2.75, 3.05) is 27.4 Å². The molecule has 0 aliphatic carbocycles. The molecule has 3 rings (SSSR count). The number of aryl methyl sites for hydroxylation is 1. The highest BCUT2D eigenvalue weighted by Gasteiger charge is 2.39. The lowest BCUT2D eigenvalue weighted by Gasteiger charge is -2.43. The van der Waals surface area contributed by atoms with Crippen LogP contribution in [0.5, 0.6) is 11.5 Å². The van der Waals surface area contributed by atoms with E-state index in [1.165, 1.54) is 16.7 Å². The lowest BCUT2D eigenvalue weighted by atomic mass is 9.68. The van der Waals surface area contributed by atoms with Gasteiger partial charge in [0.1, 0.15) is 0 Å². The highest BCUT2D eigenvalue weighted by molar-refractivity contribution is 5.42. The molecule has 1 saturated heterocycles. The molecular formula is C26H37NO3. The molecule has 1 heterocycles. The molecule has 0 spiro atoms. The molecule has 0 aromatic heterocycles. The minimum absolute atomic E-state index is 0.172. The van der Waals surface area contributed by atoms with Crippen LogP contribution in [0.25, 0.3) is 0 Å². The van der Waals surface area contributed by atoms with Crippen LogP contribution in [0.15, 0.2) is 42.5 Å². The van der Waals surface area contributed by atoms with Crippen molar-refractivity contribution >= 4 is 0 Å². The van der Waals surface area contributed by atoms with E-state index in [4.69, 9.17) is 14.2 Å². The Balaban J connectivity index is 1.68. The van der Waals surface area contributed by atoms with Crippen molar-refractivity contribution in [2.45, 2.75) is 58.1 Å². The Bertz CT molecular complexity index is 802. The number of methoxy groups -OCH3 is 2. The van der Waals surface area contributed by atoms with Gasteiger partial charge in [-0.15, -0.1) is 0 Å². The summed E-state index contributed by atoms with van der Waals surface area (Å²) >= 11 is 0. The lowest BCUT2D eigenvalue weighted by molar-refractivity contribution is -0.0469. The molecule has 1 aliphatic heterocycles. The van der Waals surface area contributed by atoms with E-state index in [-0.39, 0.29) is 5.41 Å². The van der Waals surface area contributed by atoms with Crippen LogP contribution in [-0.2, 0) is 16.7 Å². The average molecular weight is 412 g/mol. The minimum Gasteiger partial charge on any atom is -0.493 e. The third-order valence-electron chi connectivity index (χ3n) is 6.47. The van der Waals surface area contributed by atoms with Gasteiger partial charge in [-0.1, -0.05) is 49.7 Å². The highest BCUT2D eigenvalue weighted by atomic mass is 16.5.